The molecule has 0 spiro atoms. The van der Waals surface area contributed by atoms with Crippen LogP contribution in [0.5, 0.6) is 0 Å². The van der Waals surface area contributed by atoms with Crippen molar-refractivity contribution in [2.75, 3.05) is 0 Å². The number of fused-ring (bicyclic) bond motifs is 1. The second-order valence-electron chi connectivity index (χ2n) is 3.86. The summed E-state index contributed by atoms with van der Waals surface area (Å²) in [5, 5.41) is 0. The Balaban J connectivity index is 2.22. The number of hydrogen-bond acceptors (Lipinski definition) is 2. The Bertz CT molecular complexity index is 311. The second-order valence-corrected chi connectivity index (χ2v) is 3.86. The molecule has 1 heterocycles. The van der Waals surface area contributed by atoms with Gasteiger partial charge in [0.2, 0.25) is 0 Å². The highest BCUT2D eigenvalue weighted by molar-refractivity contribution is 5.31. The van der Waals surface area contributed by atoms with Gasteiger partial charge in [0.05, 0.1) is 18.8 Å². The Kier molecular flexibility index (Phi) is 2.85. The molecular formula is C12H17NO. The first-order valence-electron chi connectivity index (χ1n) is 5.28. The zero-order chi connectivity index (χ0) is 9.97. The zero-order valence-corrected chi connectivity index (χ0v) is 8.57. The third kappa shape index (κ3) is 1.68. The third-order valence-electron chi connectivity index (χ3n) is 2.84. The fourth-order valence-electron chi connectivity index (χ4n) is 2.04. The van der Waals surface area contributed by atoms with Crippen molar-refractivity contribution in [3.8, 4) is 0 Å². The minimum Gasteiger partial charge on any atom is -0.372 e. The van der Waals surface area contributed by atoms with Gasteiger partial charge in [-0.05, 0) is 17.5 Å². The highest BCUT2D eigenvalue weighted by Crippen LogP contribution is 2.29. The van der Waals surface area contributed by atoms with Crippen LogP contribution in [0.15, 0.2) is 24.3 Å². The molecule has 2 heteroatoms. The van der Waals surface area contributed by atoms with Crippen molar-refractivity contribution in [2.45, 2.75) is 38.5 Å². The molecule has 0 unspecified atom stereocenters. The quantitative estimate of drug-likeness (QED) is 0.779. The topological polar surface area (TPSA) is 35.2 Å². The van der Waals surface area contributed by atoms with Gasteiger partial charge in [0.25, 0.3) is 0 Å². The molecule has 1 aromatic rings. The summed E-state index contributed by atoms with van der Waals surface area (Å²) in [5.74, 6) is 0. The van der Waals surface area contributed by atoms with Crippen molar-refractivity contribution >= 4 is 0 Å². The smallest absolute Gasteiger partial charge is 0.0772 e. The number of ether oxygens (including phenoxy) is 1. The van der Waals surface area contributed by atoms with Crippen molar-refractivity contribution < 1.29 is 4.74 Å². The van der Waals surface area contributed by atoms with Gasteiger partial charge in [-0.25, -0.2) is 0 Å². The van der Waals surface area contributed by atoms with Gasteiger partial charge < -0.3 is 10.5 Å². The minimum absolute atomic E-state index is 0.0555. The highest BCUT2D eigenvalue weighted by atomic mass is 16.5. The zero-order valence-electron chi connectivity index (χ0n) is 8.57. The molecule has 0 aromatic heterocycles. The van der Waals surface area contributed by atoms with Crippen LogP contribution in [-0.2, 0) is 11.3 Å². The van der Waals surface area contributed by atoms with Crippen molar-refractivity contribution in [1.82, 2.24) is 0 Å². The van der Waals surface area contributed by atoms with Crippen molar-refractivity contribution in [3.63, 3.8) is 0 Å². The molecule has 1 aliphatic heterocycles. The maximum absolute atomic E-state index is 6.15. The summed E-state index contributed by atoms with van der Waals surface area (Å²) in [7, 11) is 0. The van der Waals surface area contributed by atoms with E-state index in [1.807, 2.05) is 12.1 Å². The SMILES string of the molecule is CCC[C@H]1OCc2ccccc2[C@H]1N. The Labute approximate surface area is 85.1 Å². The standard InChI is InChI=1S/C12H17NO/c1-2-5-11-12(13)10-7-4-3-6-9(10)8-14-11/h3-4,6-7,11-12H,2,5,8,13H2,1H3/t11-,12-/m1/s1. The number of hydrogen-bond donors (Lipinski definition) is 1. The van der Waals surface area contributed by atoms with Gasteiger partial charge in [-0.3, -0.25) is 0 Å². The minimum atomic E-state index is 0.0555. The molecule has 0 amide bonds. The highest BCUT2D eigenvalue weighted by Gasteiger charge is 2.25. The predicted molar refractivity (Wildman–Crippen MR) is 56.9 cm³/mol. The van der Waals surface area contributed by atoms with Crippen molar-refractivity contribution in [3.05, 3.63) is 35.4 Å². The number of benzene rings is 1. The third-order valence-corrected chi connectivity index (χ3v) is 2.84. The largest absolute Gasteiger partial charge is 0.372 e. The van der Waals surface area contributed by atoms with Crippen LogP contribution in [-0.4, -0.2) is 6.10 Å². The van der Waals surface area contributed by atoms with Crippen LogP contribution >= 0.6 is 0 Å². The number of rotatable bonds is 2. The van der Waals surface area contributed by atoms with Crippen LogP contribution in [0.3, 0.4) is 0 Å². The van der Waals surface area contributed by atoms with E-state index in [0.717, 1.165) is 12.8 Å². The average Bonchev–Trinajstić information content (AvgIpc) is 2.23. The van der Waals surface area contributed by atoms with E-state index in [1.54, 1.807) is 0 Å². The van der Waals surface area contributed by atoms with Gasteiger partial charge in [-0.2, -0.15) is 0 Å². The maximum atomic E-state index is 6.15. The van der Waals surface area contributed by atoms with Crippen molar-refractivity contribution in [1.29, 1.82) is 0 Å². The maximum Gasteiger partial charge on any atom is 0.0772 e. The Hall–Kier alpha value is -0.860. The number of nitrogens with two attached hydrogens (primary N) is 1. The molecular weight excluding hydrogens is 174 g/mol. The van der Waals surface area contributed by atoms with Crippen LogP contribution in [0.2, 0.25) is 0 Å². The van der Waals surface area contributed by atoms with E-state index in [-0.39, 0.29) is 12.1 Å². The monoisotopic (exact) mass is 191 g/mol. The van der Waals surface area contributed by atoms with Crippen LogP contribution in [0, 0.1) is 0 Å². The van der Waals surface area contributed by atoms with Crippen LogP contribution in [0.4, 0.5) is 0 Å². The molecule has 2 rings (SSSR count). The summed E-state index contributed by atoms with van der Waals surface area (Å²) in [6.07, 6.45) is 2.38. The lowest BCUT2D eigenvalue weighted by atomic mass is 9.92. The summed E-state index contributed by atoms with van der Waals surface area (Å²) >= 11 is 0. The Morgan fingerprint density at radius 3 is 3.00 bits per heavy atom. The lowest BCUT2D eigenvalue weighted by Gasteiger charge is -2.31. The van der Waals surface area contributed by atoms with Gasteiger partial charge in [0.1, 0.15) is 0 Å². The summed E-state index contributed by atoms with van der Waals surface area (Å²) in [5.41, 5.74) is 8.66. The van der Waals surface area contributed by atoms with E-state index < -0.39 is 0 Å². The van der Waals surface area contributed by atoms with E-state index in [9.17, 15) is 0 Å². The molecule has 0 bridgehead atoms. The molecule has 76 valence electrons. The Morgan fingerprint density at radius 2 is 2.21 bits per heavy atom. The fourth-order valence-corrected chi connectivity index (χ4v) is 2.04. The molecule has 2 N–H and O–H groups in total. The molecule has 0 fully saturated rings. The van der Waals surface area contributed by atoms with Gasteiger partial charge in [-0.15, -0.1) is 0 Å². The molecule has 2 nitrogen and oxygen atoms in total. The molecule has 0 saturated carbocycles. The van der Waals surface area contributed by atoms with Crippen LogP contribution < -0.4 is 5.73 Å². The Morgan fingerprint density at radius 1 is 1.43 bits per heavy atom. The lowest BCUT2D eigenvalue weighted by Crippen LogP contribution is -2.33. The summed E-state index contributed by atoms with van der Waals surface area (Å²) in [6, 6.07) is 8.35. The molecule has 1 aliphatic rings. The second kappa shape index (κ2) is 4.11. The summed E-state index contributed by atoms with van der Waals surface area (Å²) < 4.78 is 5.73. The molecule has 0 saturated heterocycles. The average molecular weight is 191 g/mol. The van der Waals surface area contributed by atoms with E-state index in [2.05, 4.69) is 19.1 Å². The van der Waals surface area contributed by atoms with Gasteiger partial charge in [-0.1, -0.05) is 37.6 Å². The summed E-state index contributed by atoms with van der Waals surface area (Å²) in [4.78, 5) is 0. The molecule has 2 atom stereocenters. The normalized spacial score (nSPS) is 25.9. The van der Waals surface area contributed by atoms with E-state index >= 15 is 0 Å². The molecule has 14 heavy (non-hydrogen) atoms. The van der Waals surface area contributed by atoms with E-state index in [1.165, 1.54) is 11.1 Å². The van der Waals surface area contributed by atoms with Gasteiger partial charge in [0.15, 0.2) is 0 Å². The lowest BCUT2D eigenvalue weighted by molar-refractivity contribution is 0.00338. The summed E-state index contributed by atoms with van der Waals surface area (Å²) in [6.45, 7) is 2.88. The molecule has 0 aliphatic carbocycles. The first-order valence-corrected chi connectivity index (χ1v) is 5.28. The first kappa shape index (κ1) is 9.69. The molecule has 0 radical (unpaired) electrons. The first-order chi connectivity index (χ1) is 6.83. The van der Waals surface area contributed by atoms with Crippen molar-refractivity contribution in [2.24, 2.45) is 5.73 Å². The predicted octanol–water partition coefficient (Wildman–Crippen LogP) is 2.39. The fraction of sp³-hybridized carbons (Fsp3) is 0.500. The van der Waals surface area contributed by atoms with E-state index in [0.29, 0.717) is 6.61 Å². The van der Waals surface area contributed by atoms with Crippen LogP contribution in [0.25, 0.3) is 0 Å². The van der Waals surface area contributed by atoms with Gasteiger partial charge in [0, 0.05) is 0 Å². The van der Waals surface area contributed by atoms with E-state index in [4.69, 9.17) is 10.5 Å². The molecule has 1 aromatic carbocycles. The van der Waals surface area contributed by atoms with Gasteiger partial charge >= 0.3 is 0 Å². The van der Waals surface area contributed by atoms with Crippen LogP contribution in [0.1, 0.15) is 36.9 Å².